The van der Waals surface area contributed by atoms with Gasteiger partial charge >= 0.3 is 0 Å². The Hall–Kier alpha value is -1.67. The topological polar surface area (TPSA) is 79.6 Å². The standard InChI is InChI=1S/C21H41N7O/c1-6-7-8-9-21(3,4)17-24-20(22-10-11-28-12-14-29-15-13-28)23-16-19-26-25-18(2)27(19)5/h6-17H2,1-5H3,(H2,22,23,24). The van der Waals surface area contributed by atoms with E-state index in [1.54, 1.807) is 0 Å². The molecule has 8 heteroatoms. The molecule has 0 spiro atoms. The Morgan fingerprint density at radius 1 is 1.17 bits per heavy atom. The molecule has 0 aromatic carbocycles. The third-order valence-electron chi connectivity index (χ3n) is 5.58. The first-order valence-electron chi connectivity index (χ1n) is 11.1. The van der Waals surface area contributed by atoms with Crippen LogP contribution in [-0.2, 0) is 18.3 Å². The van der Waals surface area contributed by atoms with Crippen molar-refractivity contribution in [1.82, 2.24) is 30.3 Å². The van der Waals surface area contributed by atoms with E-state index in [1.807, 2.05) is 18.5 Å². The van der Waals surface area contributed by atoms with Crippen LogP contribution in [0.3, 0.4) is 0 Å². The zero-order valence-corrected chi connectivity index (χ0v) is 19.1. The predicted molar refractivity (Wildman–Crippen MR) is 118 cm³/mol. The predicted octanol–water partition coefficient (Wildman–Crippen LogP) is 2.10. The van der Waals surface area contributed by atoms with Crippen molar-refractivity contribution >= 4 is 5.96 Å². The third-order valence-corrected chi connectivity index (χ3v) is 5.58. The van der Waals surface area contributed by atoms with Gasteiger partial charge in [-0.25, -0.2) is 4.99 Å². The summed E-state index contributed by atoms with van der Waals surface area (Å²) in [6.07, 6.45) is 5.06. The highest BCUT2D eigenvalue weighted by molar-refractivity contribution is 5.79. The molecule has 0 radical (unpaired) electrons. The lowest BCUT2D eigenvalue weighted by Gasteiger charge is -2.28. The number of aromatic nitrogens is 3. The van der Waals surface area contributed by atoms with Gasteiger partial charge in [-0.05, 0) is 18.8 Å². The van der Waals surface area contributed by atoms with Crippen LogP contribution in [0.1, 0.15) is 58.1 Å². The number of hydrogen-bond acceptors (Lipinski definition) is 5. The van der Waals surface area contributed by atoms with Crippen LogP contribution in [0.2, 0.25) is 0 Å². The molecule has 0 amide bonds. The van der Waals surface area contributed by atoms with Gasteiger partial charge in [0.1, 0.15) is 12.4 Å². The van der Waals surface area contributed by atoms with Crippen molar-refractivity contribution in [2.24, 2.45) is 17.5 Å². The molecule has 1 aliphatic rings. The monoisotopic (exact) mass is 407 g/mol. The van der Waals surface area contributed by atoms with E-state index >= 15 is 0 Å². The van der Waals surface area contributed by atoms with Crippen LogP contribution in [0.15, 0.2) is 4.99 Å². The van der Waals surface area contributed by atoms with Gasteiger partial charge in [0.25, 0.3) is 0 Å². The summed E-state index contributed by atoms with van der Waals surface area (Å²) in [5.41, 5.74) is 0.239. The lowest BCUT2D eigenvalue weighted by atomic mass is 9.87. The van der Waals surface area contributed by atoms with E-state index < -0.39 is 0 Å². The molecule has 29 heavy (non-hydrogen) atoms. The Morgan fingerprint density at radius 2 is 1.93 bits per heavy atom. The van der Waals surface area contributed by atoms with E-state index in [-0.39, 0.29) is 5.41 Å². The largest absolute Gasteiger partial charge is 0.379 e. The summed E-state index contributed by atoms with van der Waals surface area (Å²) < 4.78 is 7.42. The van der Waals surface area contributed by atoms with Crippen LogP contribution in [-0.4, -0.2) is 71.6 Å². The summed E-state index contributed by atoms with van der Waals surface area (Å²) in [5.74, 6) is 2.63. The van der Waals surface area contributed by atoms with E-state index in [0.717, 1.165) is 63.5 Å². The summed E-state index contributed by atoms with van der Waals surface area (Å²) >= 11 is 0. The van der Waals surface area contributed by atoms with Crippen LogP contribution in [0.5, 0.6) is 0 Å². The number of nitrogens with zero attached hydrogens (tertiary/aromatic N) is 5. The first-order valence-corrected chi connectivity index (χ1v) is 11.1. The molecule has 0 aliphatic carbocycles. The second-order valence-corrected chi connectivity index (χ2v) is 8.74. The normalized spacial score (nSPS) is 16.2. The Morgan fingerprint density at radius 3 is 2.59 bits per heavy atom. The SMILES string of the molecule is CCCCCC(C)(C)CNC(=NCc1nnc(C)n1C)NCCN1CCOCC1. The van der Waals surface area contributed by atoms with Crippen LogP contribution >= 0.6 is 0 Å². The van der Waals surface area contributed by atoms with Gasteiger partial charge in [0.2, 0.25) is 0 Å². The number of rotatable bonds is 11. The van der Waals surface area contributed by atoms with Crippen molar-refractivity contribution in [3.8, 4) is 0 Å². The minimum Gasteiger partial charge on any atom is -0.379 e. The quantitative estimate of drug-likeness (QED) is 0.332. The fraction of sp³-hybridized carbons (Fsp3) is 0.857. The number of aliphatic imine (C=N–C) groups is 1. The number of ether oxygens (including phenoxy) is 1. The summed E-state index contributed by atoms with van der Waals surface area (Å²) in [7, 11) is 1.98. The maximum Gasteiger partial charge on any atom is 0.191 e. The van der Waals surface area contributed by atoms with E-state index in [4.69, 9.17) is 9.73 Å². The highest BCUT2D eigenvalue weighted by atomic mass is 16.5. The van der Waals surface area contributed by atoms with Crippen LogP contribution in [0, 0.1) is 12.3 Å². The molecule has 1 aromatic rings. The Balaban J connectivity index is 1.90. The number of aryl methyl sites for hydroxylation is 1. The molecule has 1 aromatic heterocycles. The molecule has 1 saturated heterocycles. The first-order chi connectivity index (χ1) is 13.9. The summed E-state index contributed by atoms with van der Waals surface area (Å²) in [6.45, 7) is 15.8. The molecule has 0 saturated carbocycles. The summed E-state index contributed by atoms with van der Waals surface area (Å²) in [5, 5.41) is 15.4. The lowest BCUT2D eigenvalue weighted by Crippen LogP contribution is -2.46. The molecule has 1 aliphatic heterocycles. The average Bonchev–Trinajstić information content (AvgIpc) is 3.02. The second-order valence-electron chi connectivity index (χ2n) is 8.74. The summed E-state index contributed by atoms with van der Waals surface area (Å²) in [4.78, 5) is 7.20. The number of nitrogens with one attached hydrogen (secondary N) is 2. The van der Waals surface area contributed by atoms with Gasteiger partial charge in [-0.3, -0.25) is 4.90 Å². The van der Waals surface area contributed by atoms with Gasteiger partial charge in [-0.2, -0.15) is 0 Å². The molecule has 2 N–H and O–H groups in total. The number of morpholine rings is 1. The number of guanidine groups is 1. The van der Waals surface area contributed by atoms with Crippen molar-refractivity contribution in [3.05, 3.63) is 11.6 Å². The van der Waals surface area contributed by atoms with E-state index in [0.29, 0.717) is 6.54 Å². The van der Waals surface area contributed by atoms with Gasteiger partial charge in [0, 0.05) is 39.8 Å². The minimum absolute atomic E-state index is 0.239. The maximum atomic E-state index is 5.43. The number of unbranched alkanes of at least 4 members (excludes halogenated alkanes) is 2. The Labute approximate surface area is 176 Å². The fourth-order valence-electron chi connectivity index (χ4n) is 3.33. The Bertz CT molecular complexity index is 621. The van der Waals surface area contributed by atoms with Gasteiger partial charge < -0.3 is 19.9 Å². The van der Waals surface area contributed by atoms with Gasteiger partial charge in [0.15, 0.2) is 11.8 Å². The second kappa shape index (κ2) is 12.1. The van der Waals surface area contributed by atoms with Gasteiger partial charge in [-0.15, -0.1) is 10.2 Å². The maximum absolute atomic E-state index is 5.43. The fourth-order valence-corrected chi connectivity index (χ4v) is 3.33. The zero-order chi connectivity index (χ0) is 21.1. The Kier molecular flexibility index (Phi) is 9.87. The molecule has 8 nitrogen and oxygen atoms in total. The van der Waals surface area contributed by atoms with Crippen molar-refractivity contribution in [3.63, 3.8) is 0 Å². The molecule has 0 bridgehead atoms. The first kappa shape index (κ1) is 23.6. The van der Waals surface area contributed by atoms with Crippen molar-refractivity contribution in [2.75, 3.05) is 45.9 Å². The smallest absolute Gasteiger partial charge is 0.191 e. The lowest BCUT2D eigenvalue weighted by molar-refractivity contribution is 0.0389. The van der Waals surface area contributed by atoms with E-state index in [2.05, 4.69) is 46.5 Å². The molecule has 2 rings (SSSR count). The number of hydrogen-bond donors (Lipinski definition) is 2. The van der Waals surface area contributed by atoms with Crippen molar-refractivity contribution in [1.29, 1.82) is 0 Å². The van der Waals surface area contributed by atoms with Gasteiger partial charge in [0.05, 0.1) is 13.2 Å². The van der Waals surface area contributed by atoms with Crippen molar-refractivity contribution in [2.45, 2.75) is 59.9 Å². The molecule has 0 unspecified atom stereocenters. The van der Waals surface area contributed by atoms with Gasteiger partial charge in [-0.1, -0.05) is 40.0 Å². The van der Waals surface area contributed by atoms with Crippen LogP contribution < -0.4 is 10.6 Å². The third kappa shape index (κ3) is 8.70. The van der Waals surface area contributed by atoms with E-state index in [9.17, 15) is 0 Å². The van der Waals surface area contributed by atoms with Crippen molar-refractivity contribution < 1.29 is 4.74 Å². The molecular weight excluding hydrogens is 366 g/mol. The molecule has 2 heterocycles. The molecule has 166 valence electrons. The molecular formula is C21H41N7O. The summed E-state index contributed by atoms with van der Waals surface area (Å²) in [6, 6.07) is 0. The zero-order valence-electron chi connectivity index (χ0n) is 19.1. The highest BCUT2D eigenvalue weighted by Crippen LogP contribution is 2.22. The minimum atomic E-state index is 0.239. The molecule has 0 atom stereocenters. The van der Waals surface area contributed by atoms with E-state index in [1.165, 1.54) is 25.7 Å². The molecule has 1 fully saturated rings. The van der Waals surface area contributed by atoms with Crippen LogP contribution in [0.25, 0.3) is 0 Å². The highest BCUT2D eigenvalue weighted by Gasteiger charge is 2.18. The van der Waals surface area contributed by atoms with Crippen LogP contribution in [0.4, 0.5) is 0 Å². The average molecular weight is 408 g/mol.